The van der Waals surface area contributed by atoms with Gasteiger partial charge in [-0.3, -0.25) is 0 Å². The minimum atomic E-state index is 0.419. The zero-order valence-corrected chi connectivity index (χ0v) is 15.0. The number of nitrogens with one attached hydrogen (secondary N) is 1. The molecule has 0 bridgehead atoms. The van der Waals surface area contributed by atoms with Gasteiger partial charge in [0.2, 0.25) is 0 Å². The molecule has 0 fully saturated rings. The molecule has 0 amide bonds. The van der Waals surface area contributed by atoms with E-state index < -0.39 is 0 Å². The molecule has 0 spiro atoms. The average Bonchev–Trinajstić information content (AvgIpc) is 2.38. The van der Waals surface area contributed by atoms with Gasteiger partial charge in [0.15, 0.2) is 0 Å². The highest BCUT2D eigenvalue weighted by molar-refractivity contribution is 6.33. The standard InChI is InChI=1S/C17H30ClN3/c1-7-21(14(4)12-20(5)6)17-15(11-19-13(2)3)9-8-10-16(17)18/h8-10,13-14,19H,7,11-12H2,1-6H3. The third-order valence-corrected chi connectivity index (χ3v) is 3.87. The molecule has 1 N–H and O–H groups in total. The maximum atomic E-state index is 6.52. The molecule has 0 aliphatic carbocycles. The van der Waals surface area contributed by atoms with Crippen molar-refractivity contribution in [3.63, 3.8) is 0 Å². The first kappa shape index (κ1) is 18.3. The van der Waals surface area contributed by atoms with Crippen LogP contribution in [0.1, 0.15) is 33.3 Å². The Kier molecular flexibility index (Phi) is 7.50. The summed E-state index contributed by atoms with van der Waals surface area (Å²) in [5.74, 6) is 0. The molecule has 1 aromatic rings. The first-order valence-corrected chi connectivity index (χ1v) is 8.16. The van der Waals surface area contributed by atoms with Crippen molar-refractivity contribution in [1.82, 2.24) is 10.2 Å². The summed E-state index contributed by atoms with van der Waals surface area (Å²) < 4.78 is 0. The summed E-state index contributed by atoms with van der Waals surface area (Å²) in [6.07, 6.45) is 0. The van der Waals surface area contributed by atoms with E-state index in [0.717, 1.165) is 24.7 Å². The third-order valence-electron chi connectivity index (χ3n) is 3.56. The van der Waals surface area contributed by atoms with Gasteiger partial charge in [0.25, 0.3) is 0 Å². The normalized spacial score (nSPS) is 13.0. The van der Waals surface area contributed by atoms with Crippen molar-refractivity contribution in [3.05, 3.63) is 28.8 Å². The van der Waals surface area contributed by atoms with Crippen LogP contribution in [0, 0.1) is 0 Å². The fourth-order valence-electron chi connectivity index (χ4n) is 2.66. The van der Waals surface area contributed by atoms with E-state index in [4.69, 9.17) is 11.6 Å². The van der Waals surface area contributed by atoms with Gasteiger partial charge in [0.1, 0.15) is 0 Å². The monoisotopic (exact) mass is 311 g/mol. The number of hydrogen-bond acceptors (Lipinski definition) is 3. The molecular weight excluding hydrogens is 282 g/mol. The largest absolute Gasteiger partial charge is 0.366 e. The Balaban J connectivity index is 3.06. The van der Waals surface area contributed by atoms with Crippen LogP contribution < -0.4 is 10.2 Å². The van der Waals surface area contributed by atoms with E-state index >= 15 is 0 Å². The highest BCUT2D eigenvalue weighted by Gasteiger charge is 2.19. The molecule has 1 atom stereocenters. The van der Waals surface area contributed by atoms with Gasteiger partial charge in [-0.15, -0.1) is 0 Å². The molecule has 0 saturated heterocycles. The van der Waals surface area contributed by atoms with Gasteiger partial charge in [-0.2, -0.15) is 0 Å². The van der Waals surface area contributed by atoms with E-state index in [2.05, 4.69) is 63.0 Å². The summed E-state index contributed by atoms with van der Waals surface area (Å²) >= 11 is 6.52. The number of rotatable bonds is 8. The van der Waals surface area contributed by atoms with Crippen molar-refractivity contribution in [2.75, 3.05) is 32.1 Å². The minimum absolute atomic E-state index is 0.419. The molecule has 0 heterocycles. The third kappa shape index (κ3) is 5.50. The Morgan fingerprint density at radius 3 is 2.38 bits per heavy atom. The number of halogens is 1. The van der Waals surface area contributed by atoms with Crippen LogP contribution in [0.2, 0.25) is 5.02 Å². The van der Waals surface area contributed by atoms with E-state index in [1.54, 1.807) is 0 Å². The molecular formula is C17H30ClN3. The quantitative estimate of drug-likeness (QED) is 0.791. The Morgan fingerprint density at radius 2 is 1.86 bits per heavy atom. The maximum absolute atomic E-state index is 6.52. The van der Waals surface area contributed by atoms with Crippen molar-refractivity contribution in [2.45, 2.75) is 46.3 Å². The maximum Gasteiger partial charge on any atom is 0.0643 e. The van der Waals surface area contributed by atoms with E-state index in [9.17, 15) is 0 Å². The lowest BCUT2D eigenvalue weighted by atomic mass is 10.1. The number of likely N-dealkylation sites (N-methyl/N-ethyl adjacent to an activating group) is 2. The minimum Gasteiger partial charge on any atom is -0.366 e. The number of anilines is 1. The fourth-order valence-corrected chi connectivity index (χ4v) is 2.96. The molecule has 0 aromatic heterocycles. The van der Waals surface area contributed by atoms with Crippen molar-refractivity contribution < 1.29 is 0 Å². The zero-order valence-electron chi connectivity index (χ0n) is 14.3. The first-order valence-electron chi connectivity index (χ1n) is 7.78. The molecule has 0 aliphatic heterocycles. The molecule has 0 radical (unpaired) electrons. The van der Waals surface area contributed by atoms with Crippen LogP contribution in [0.3, 0.4) is 0 Å². The number of hydrogen-bond donors (Lipinski definition) is 1. The number of para-hydroxylation sites is 1. The summed E-state index contributed by atoms with van der Waals surface area (Å²) in [6, 6.07) is 7.07. The van der Waals surface area contributed by atoms with Crippen molar-refractivity contribution >= 4 is 17.3 Å². The molecule has 0 saturated carbocycles. The lowest BCUT2D eigenvalue weighted by Gasteiger charge is -2.34. The summed E-state index contributed by atoms with van der Waals surface area (Å²) in [6.45, 7) is 11.6. The molecule has 3 nitrogen and oxygen atoms in total. The van der Waals surface area contributed by atoms with Crippen molar-refractivity contribution in [1.29, 1.82) is 0 Å². The SMILES string of the molecule is CCN(c1c(Cl)cccc1CNC(C)C)C(C)CN(C)C. The molecule has 1 unspecified atom stereocenters. The first-order chi connectivity index (χ1) is 9.86. The Morgan fingerprint density at radius 1 is 1.19 bits per heavy atom. The second kappa shape index (κ2) is 8.62. The number of nitrogens with zero attached hydrogens (tertiary/aromatic N) is 2. The van der Waals surface area contributed by atoms with Gasteiger partial charge in [0.05, 0.1) is 10.7 Å². The van der Waals surface area contributed by atoms with Gasteiger partial charge in [-0.1, -0.05) is 37.6 Å². The zero-order chi connectivity index (χ0) is 16.0. The lowest BCUT2D eigenvalue weighted by molar-refractivity contribution is 0.372. The fraction of sp³-hybridized carbons (Fsp3) is 0.647. The van der Waals surface area contributed by atoms with E-state index in [1.807, 2.05) is 12.1 Å². The topological polar surface area (TPSA) is 18.5 Å². The molecule has 0 aliphatic rings. The van der Waals surface area contributed by atoms with Crippen molar-refractivity contribution in [3.8, 4) is 0 Å². The molecule has 1 aromatic carbocycles. The van der Waals surface area contributed by atoms with Gasteiger partial charge in [-0.25, -0.2) is 0 Å². The Hall–Kier alpha value is -0.770. The van der Waals surface area contributed by atoms with Gasteiger partial charge < -0.3 is 15.1 Å². The molecule has 4 heteroatoms. The molecule has 1 rings (SSSR count). The second-order valence-corrected chi connectivity index (χ2v) is 6.59. The molecule has 21 heavy (non-hydrogen) atoms. The number of benzene rings is 1. The van der Waals surface area contributed by atoms with Crippen molar-refractivity contribution in [2.24, 2.45) is 0 Å². The summed E-state index contributed by atoms with van der Waals surface area (Å²) in [4.78, 5) is 4.62. The van der Waals surface area contributed by atoms with Crippen LogP contribution in [0.25, 0.3) is 0 Å². The highest BCUT2D eigenvalue weighted by atomic mass is 35.5. The highest BCUT2D eigenvalue weighted by Crippen LogP contribution is 2.31. The smallest absolute Gasteiger partial charge is 0.0643 e. The lowest BCUT2D eigenvalue weighted by Crippen LogP contribution is -2.41. The predicted octanol–water partition coefficient (Wildman–Crippen LogP) is 3.61. The molecule has 120 valence electrons. The van der Waals surface area contributed by atoms with E-state index in [-0.39, 0.29) is 0 Å². The summed E-state index contributed by atoms with van der Waals surface area (Å²) in [5.41, 5.74) is 2.44. The summed E-state index contributed by atoms with van der Waals surface area (Å²) in [7, 11) is 4.22. The van der Waals surface area contributed by atoms with Crippen LogP contribution >= 0.6 is 11.6 Å². The van der Waals surface area contributed by atoms with Crippen LogP contribution in [0.4, 0.5) is 5.69 Å². The average molecular weight is 312 g/mol. The van der Waals surface area contributed by atoms with Gasteiger partial charge in [-0.05, 0) is 39.6 Å². The Bertz CT molecular complexity index is 432. The second-order valence-electron chi connectivity index (χ2n) is 6.18. The van der Waals surface area contributed by atoms with E-state index in [0.29, 0.717) is 12.1 Å². The summed E-state index contributed by atoms with van der Waals surface area (Å²) in [5, 5.41) is 4.33. The van der Waals surface area contributed by atoms with Gasteiger partial charge in [0, 0.05) is 31.7 Å². The van der Waals surface area contributed by atoms with Gasteiger partial charge >= 0.3 is 0 Å². The van der Waals surface area contributed by atoms with Crippen LogP contribution in [-0.2, 0) is 6.54 Å². The van der Waals surface area contributed by atoms with Crippen LogP contribution in [0.15, 0.2) is 18.2 Å². The van der Waals surface area contributed by atoms with E-state index in [1.165, 1.54) is 11.3 Å². The predicted molar refractivity (Wildman–Crippen MR) is 94.5 cm³/mol. The van der Waals surface area contributed by atoms with Crippen LogP contribution in [-0.4, -0.2) is 44.2 Å². The Labute approximate surface area is 135 Å². The van der Waals surface area contributed by atoms with Crippen LogP contribution in [0.5, 0.6) is 0 Å².